The Bertz CT molecular complexity index is 163. The highest BCUT2D eigenvalue weighted by Crippen LogP contribution is 2.28. The molecule has 2 aliphatic heterocycles. The van der Waals surface area contributed by atoms with E-state index < -0.39 is 0 Å². The molecule has 0 unspecified atom stereocenters. The molecule has 0 aromatic heterocycles. The Morgan fingerprint density at radius 3 is 3.00 bits per heavy atom. The molecule has 2 N–H and O–H groups in total. The molecule has 2 fully saturated rings. The van der Waals surface area contributed by atoms with Crippen molar-refractivity contribution in [1.29, 1.82) is 0 Å². The molecule has 2 aliphatic rings. The third-order valence-corrected chi connectivity index (χ3v) is 3.32. The van der Waals surface area contributed by atoms with E-state index in [9.17, 15) is 0 Å². The summed E-state index contributed by atoms with van der Waals surface area (Å²) in [6.07, 6.45) is 2.47. The highest BCUT2D eigenvalue weighted by atomic mass is 16.5. The molecule has 0 aromatic rings. The minimum Gasteiger partial charge on any atom is -0.381 e. The molecular weight excluding hydrogens is 164 g/mol. The first-order valence-electron chi connectivity index (χ1n) is 5.40. The monoisotopic (exact) mass is 184 g/mol. The van der Waals surface area contributed by atoms with Gasteiger partial charge in [0, 0.05) is 19.1 Å². The Balaban J connectivity index is 1.76. The van der Waals surface area contributed by atoms with Crippen LogP contribution in [0, 0.1) is 11.8 Å². The first-order chi connectivity index (χ1) is 6.40. The molecule has 2 saturated heterocycles. The smallest absolute Gasteiger partial charge is 0.0510 e. The first-order valence-corrected chi connectivity index (χ1v) is 5.40. The number of piperidine rings is 1. The second kappa shape index (κ2) is 4.40. The van der Waals surface area contributed by atoms with Gasteiger partial charge in [-0.05, 0) is 38.4 Å². The predicted octanol–water partition coefficient (Wildman–Crippen LogP) is 0.304. The van der Waals surface area contributed by atoms with E-state index in [0.717, 1.165) is 38.0 Å². The molecule has 0 radical (unpaired) electrons. The van der Waals surface area contributed by atoms with Gasteiger partial charge in [0.15, 0.2) is 0 Å². The zero-order valence-corrected chi connectivity index (χ0v) is 8.24. The van der Waals surface area contributed by atoms with Gasteiger partial charge in [-0.3, -0.25) is 0 Å². The lowest BCUT2D eigenvalue weighted by Crippen LogP contribution is -2.40. The predicted molar refractivity (Wildman–Crippen MR) is 52.5 cm³/mol. The normalized spacial score (nSPS) is 34.8. The SMILES string of the molecule is NCCCN1CC[C@H]2COC[C@@H]2C1. The maximum absolute atomic E-state index is 5.50. The lowest BCUT2D eigenvalue weighted by Gasteiger charge is -2.33. The summed E-state index contributed by atoms with van der Waals surface area (Å²) in [5, 5.41) is 0. The van der Waals surface area contributed by atoms with E-state index in [0.29, 0.717) is 0 Å². The molecule has 13 heavy (non-hydrogen) atoms. The maximum Gasteiger partial charge on any atom is 0.0510 e. The number of nitrogens with two attached hydrogens (primary N) is 1. The fourth-order valence-corrected chi connectivity index (χ4v) is 2.45. The van der Waals surface area contributed by atoms with Gasteiger partial charge in [-0.25, -0.2) is 0 Å². The summed E-state index contributed by atoms with van der Waals surface area (Å²) in [7, 11) is 0. The van der Waals surface area contributed by atoms with Crippen molar-refractivity contribution in [3.05, 3.63) is 0 Å². The lowest BCUT2D eigenvalue weighted by molar-refractivity contribution is 0.146. The van der Waals surface area contributed by atoms with Crippen molar-refractivity contribution in [3.63, 3.8) is 0 Å². The molecule has 0 saturated carbocycles. The van der Waals surface area contributed by atoms with Crippen LogP contribution in [0.2, 0.25) is 0 Å². The standard InChI is InChI=1S/C10H20N2O/c11-3-1-4-12-5-2-9-7-13-8-10(9)6-12/h9-10H,1-8,11H2/t9-,10-/m0/s1. The van der Waals surface area contributed by atoms with Crippen molar-refractivity contribution >= 4 is 0 Å². The Morgan fingerprint density at radius 2 is 2.15 bits per heavy atom. The van der Waals surface area contributed by atoms with Crippen LogP contribution in [0.1, 0.15) is 12.8 Å². The van der Waals surface area contributed by atoms with E-state index in [1.165, 1.54) is 26.1 Å². The number of hydrogen-bond acceptors (Lipinski definition) is 3. The van der Waals surface area contributed by atoms with Crippen LogP contribution in [-0.2, 0) is 4.74 Å². The highest BCUT2D eigenvalue weighted by Gasteiger charge is 2.33. The van der Waals surface area contributed by atoms with Gasteiger partial charge in [0.05, 0.1) is 6.61 Å². The highest BCUT2D eigenvalue weighted by molar-refractivity contribution is 4.83. The quantitative estimate of drug-likeness (QED) is 0.686. The minimum atomic E-state index is 0.812. The summed E-state index contributed by atoms with van der Waals surface area (Å²) in [6, 6.07) is 0. The van der Waals surface area contributed by atoms with Crippen LogP contribution >= 0.6 is 0 Å². The summed E-state index contributed by atoms with van der Waals surface area (Å²) >= 11 is 0. The summed E-state index contributed by atoms with van der Waals surface area (Å²) in [5.74, 6) is 1.67. The van der Waals surface area contributed by atoms with Gasteiger partial charge in [0.25, 0.3) is 0 Å². The van der Waals surface area contributed by atoms with E-state index in [1.54, 1.807) is 0 Å². The van der Waals surface area contributed by atoms with E-state index in [4.69, 9.17) is 10.5 Å². The first kappa shape index (κ1) is 9.44. The van der Waals surface area contributed by atoms with E-state index >= 15 is 0 Å². The summed E-state index contributed by atoms with van der Waals surface area (Å²) in [5.41, 5.74) is 5.50. The Kier molecular flexibility index (Phi) is 3.19. The van der Waals surface area contributed by atoms with Crippen molar-refractivity contribution in [2.24, 2.45) is 17.6 Å². The maximum atomic E-state index is 5.50. The van der Waals surface area contributed by atoms with Crippen LogP contribution in [0.15, 0.2) is 0 Å². The van der Waals surface area contributed by atoms with Crippen LogP contribution in [0.5, 0.6) is 0 Å². The van der Waals surface area contributed by atoms with Crippen molar-refractivity contribution < 1.29 is 4.74 Å². The minimum absolute atomic E-state index is 0.812. The van der Waals surface area contributed by atoms with Crippen LogP contribution in [-0.4, -0.2) is 44.3 Å². The number of rotatable bonds is 3. The lowest BCUT2D eigenvalue weighted by atomic mass is 9.89. The number of ether oxygens (including phenoxy) is 1. The number of nitrogens with zero attached hydrogens (tertiary/aromatic N) is 1. The fourth-order valence-electron chi connectivity index (χ4n) is 2.45. The van der Waals surface area contributed by atoms with Crippen LogP contribution in [0.3, 0.4) is 0 Å². The van der Waals surface area contributed by atoms with Crippen molar-refractivity contribution in [1.82, 2.24) is 4.90 Å². The molecule has 2 rings (SSSR count). The molecule has 2 heterocycles. The number of likely N-dealkylation sites (tertiary alicyclic amines) is 1. The van der Waals surface area contributed by atoms with Crippen LogP contribution in [0.4, 0.5) is 0 Å². The van der Waals surface area contributed by atoms with Crippen molar-refractivity contribution in [2.45, 2.75) is 12.8 Å². The van der Waals surface area contributed by atoms with E-state index in [1.807, 2.05) is 0 Å². The van der Waals surface area contributed by atoms with Crippen molar-refractivity contribution in [3.8, 4) is 0 Å². The average molecular weight is 184 g/mol. The molecule has 2 atom stereocenters. The third kappa shape index (κ3) is 2.22. The Labute approximate surface area is 80.2 Å². The van der Waals surface area contributed by atoms with Gasteiger partial charge < -0.3 is 15.4 Å². The molecule has 3 nitrogen and oxygen atoms in total. The molecular formula is C10H20N2O. The van der Waals surface area contributed by atoms with Gasteiger partial charge in [-0.1, -0.05) is 0 Å². The molecule has 0 spiro atoms. The zero-order chi connectivity index (χ0) is 9.10. The number of fused-ring (bicyclic) bond motifs is 1. The fraction of sp³-hybridized carbons (Fsp3) is 1.00. The Morgan fingerprint density at radius 1 is 1.31 bits per heavy atom. The number of hydrogen-bond donors (Lipinski definition) is 1. The molecule has 0 aliphatic carbocycles. The molecule has 0 amide bonds. The summed E-state index contributed by atoms with van der Waals surface area (Å²) < 4.78 is 5.49. The summed E-state index contributed by atoms with van der Waals surface area (Å²) in [6.45, 7) is 6.50. The van der Waals surface area contributed by atoms with Gasteiger partial charge in [-0.2, -0.15) is 0 Å². The van der Waals surface area contributed by atoms with E-state index in [-0.39, 0.29) is 0 Å². The molecule has 0 aromatic carbocycles. The van der Waals surface area contributed by atoms with E-state index in [2.05, 4.69) is 4.90 Å². The molecule has 3 heteroatoms. The largest absolute Gasteiger partial charge is 0.381 e. The molecule has 76 valence electrons. The topological polar surface area (TPSA) is 38.5 Å². The Hall–Kier alpha value is -0.120. The third-order valence-electron chi connectivity index (χ3n) is 3.32. The van der Waals surface area contributed by atoms with Crippen LogP contribution < -0.4 is 5.73 Å². The van der Waals surface area contributed by atoms with Gasteiger partial charge in [0.2, 0.25) is 0 Å². The van der Waals surface area contributed by atoms with Crippen LogP contribution in [0.25, 0.3) is 0 Å². The van der Waals surface area contributed by atoms with Gasteiger partial charge in [-0.15, -0.1) is 0 Å². The zero-order valence-electron chi connectivity index (χ0n) is 8.24. The average Bonchev–Trinajstić information content (AvgIpc) is 2.61. The van der Waals surface area contributed by atoms with Gasteiger partial charge >= 0.3 is 0 Å². The van der Waals surface area contributed by atoms with Gasteiger partial charge in [0.1, 0.15) is 0 Å². The molecule has 0 bridgehead atoms. The van der Waals surface area contributed by atoms with Crippen molar-refractivity contribution in [2.75, 3.05) is 39.4 Å². The second-order valence-corrected chi connectivity index (χ2v) is 4.29. The second-order valence-electron chi connectivity index (χ2n) is 4.29. The summed E-state index contributed by atoms with van der Waals surface area (Å²) in [4.78, 5) is 2.54.